The van der Waals surface area contributed by atoms with E-state index in [2.05, 4.69) is 0 Å². The minimum atomic E-state index is -2.11. The summed E-state index contributed by atoms with van der Waals surface area (Å²) in [5.41, 5.74) is 0. The largest absolute Gasteiger partial charge is 2.00 e. The fraction of sp³-hybridized carbons (Fsp3) is 0.353. The molecule has 0 heterocycles. The van der Waals surface area contributed by atoms with Gasteiger partial charge < -0.3 is 14.9 Å². The SMILES string of the molecule is CC(C)N(C(=O)[C]1[CH][CH][CH][C]1B([O-])[O-])C(C)C.[CH]1[CH][CH][CH][CH]1.[Fe+2]. The average molecular weight is 355 g/mol. The number of amides is 1. The van der Waals surface area contributed by atoms with Crippen molar-refractivity contribution in [2.75, 3.05) is 0 Å². The smallest absolute Gasteiger partial charge is 0.893 e. The summed E-state index contributed by atoms with van der Waals surface area (Å²) in [7, 11) is -2.11. The Morgan fingerprint density at radius 1 is 0.913 bits per heavy atom. The molecule has 0 aromatic rings. The summed E-state index contributed by atoms with van der Waals surface area (Å²) in [4.78, 5) is 13.9. The van der Waals surface area contributed by atoms with E-state index in [9.17, 15) is 14.8 Å². The fourth-order valence-electron chi connectivity index (χ4n) is 2.36. The monoisotopic (exact) mass is 355 g/mol. The van der Waals surface area contributed by atoms with E-state index < -0.39 is 7.12 Å². The zero-order valence-corrected chi connectivity index (χ0v) is 15.0. The van der Waals surface area contributed by atoms with E-state index in [0.717, 1.165) is 0 Å². The van der Waals surface area contributed by atoms with Crippen LogP contribution in [0.2, 0.25) is 0 Å². The quantitative estimate of drug-likeness (QED) is 0.676. The van der Waals surface area contributed by atoms with Crippen molar-refractivity contribution in [2.24, 2.45) is 0 Å². The van der Waals surface area contributed by atoms with E-state index in [1.54, 1.807) is 11.3 Å². The molecule has 0 unspecified atom stereocenters. The van der Waals surface area contributed by atoms with Crippen LogP contribution in [0.5, 0.6) is 0 Å². The molecule has 0 aromatic heterocycles. The first kappa shape index (κ1) is 23.0. The van der Waals surface area contributed by atoms with Gasteiger partial charge in [-0.05, 0) is 79.1 Å². The molecule has 2 rings (SSSR count). The number of carbonyl (C=O) groups is 1. The molecule has 4 nitrogen and oxygen atoms in total. The van der Waals surface area contributed by atoms with Crippen molar-refractivity contribution in [3.8, 4) is 0 Å². The second-order valence-corrected chi connectivity index (χ2v) is 5.59. The zero-order valence-electron chi connectivity index (χ0n) is 13.9. The van der Waals surface area contributed by atoms with Crippen LogP contribution in [0, 0.1) is 63.1 Å². The molecule has 0 bridgehead atoms. The van der Waals surface area contributed by atoms with Crippen molar-refractivity contribution in [1.82, 2.24) is 4.90 Å². The summed E-state index contributed by atoms with van der Waals surface area (Å²) >= 11 is 0. The minimum absolute atomic E-state index is 0. The summed E-state index contributed by atoms with van der Waals surface area (Å²) in [6, 6.07) is 0.0593. The first-order chi connectivity index (χ1) is 10.4. The molecule has 0 N–H and O–H groups in total. The molecule has 0 aliphatic heterocycles. The zero-order chi connectivity index (χ0) is 16.7. The van der Waals surface area contributed by atoms with Gasteiger partial charge in [0.15, 0.2) is 0 Å². The number of rotatable bonds is 4. The van der Waals surface area contributed by atoms with Crippen LogP contribution in [0.1, 0.15) is 27.7 Å². The maximum absolute atomic E-state index is 12.3. The van der Waals surface area contributed by atoms with Crippen molar-refractivity contribution in [2.45, 2.75) is 39.8 Å². The maximum Gasteiger partial charge on any atom is 2.00 e. The maximum atomic E-state index is 12.3. The molecule has 6 heteroatoms. The molecule has 10 radical (unpaired) electrons. The van der Waals surface area contributed by atoms with Gasteiger partial charge in [0.25, 0.3) is 0 Å². The van der Waals surface area contributed by atoms with Crippen LogP contribution in [0.25, 0.3) is 0 Å². The Labute approximate surface area is 153 Å². The first-order valence-electron chi connectivity index (χ1n) is 7.42. The van der Waals surface area contributed by atoms with Crippen LogP contribution >= 0.6 is 0 Å². The molecule has 0 aromatic carbocycles. The van der Waals surface area contributed by atoms with Gasteiger partial charge in [-0.2, -0.15) is 0 Å². The van der Waals surface area contributed by atoms with Gasteiger partial charge in [-0.1, -0.05) is 5.82 Å². The average Bonchev–Trinajstić information content (AvgIpc) is 3.12. The summed E-state index contributed by atoms with van der Waals surface area (Å²) in [6.07, 6.45) is 14.5. The van der Waals surface area contributed by atoms with Crippen molar-refractivity contribution >= 4 is 13.0 Å². The van der Waals surface area contributed by atoms with Crippen LogP contribution < -0.4 is 10.0 Å². The van der Waals surface area contributed by atoms with Gasteiger partial charge in [-0.25, -0.2) is 0 Å². The summed E-state index contributed by atoms with van der Waals surface area (Å²) in [6.45, 7) is 7.64. The molecule has 2 aliphatic rings. The summed E-state index contributed by atoms with van der Waals surface area (Å²) in [5, 5.41) is 21.9. The predicted molar refractivity (Wildman–Crippen MR) is 83.8 cm³/mol. The molecule has 23 heavy (non-hydrogen) atoms. The Morgan fingerprint density at radius 2 is 1.35 bits per heavy atom. The third-order valence-corrected chi connectivity index (χ3v) is 3.24. The second-order valence-electron chi connectivity index (χ2n) is 5.59. The van der Waals surface area contributed by atoms with E-state index >= 15 is 0 Å². The molecule has 2 aliphatic carbocycles. The molecule has 0 saturated heterocycles. The van der Waals surface area contributed by atoms with Gasteiger partial charge in [0.1, 0.15) is 0 Å². The van der Waals surface area contributed by atoms with Gasteiger partial charge in [-0.15, -0.1) is 7.12 Å². The van der Waals surface area contributed by atoms with E-state index in [4.69, 9.17) is 0 Å². The van der Waals surface area contributed by atoms with Gasteiger partial charge in [0, 0.05) is 12.1 Å². The van der Waals surface area contributed by atoms with Crippen molar-refractivity contribution < 1.29 is 31.9 Å². The number of nitrogens with zero attached hydrogens (tertiary/aromatic N) is 1. The van der Waals surface area contributed by atoms with Crippen LogP contribution in [0.15, 0.2) is 0 Å². The van der Waals surface area contributed by atoms with E-state index in [1.165, 1.54) is 12.8 Å². The van der Waals surface area contributed by atoms with Crippen molar-refractivity contribution in [1.29, 1.82) is 0 Å². The summed E-state index contributed by atoms with van der Waals surface area (Å²) < 4.78 is 0. The Morgan fingerprint density at radius 3 is 1.70 bits per heavy atom. The Bertz CT molecular complexity index is 320. The van der Waals surface area contributed by atoms with E-state index in [1.807, 2.05) is 59.8 Å². The van der Waals surface area contributed by atoms with Crippen molar-refractivity contribution in [3.63, 3.8) is 0 Å². The fourth-order valence-corrected chi connectivity index (χ4v) is 2.36. The van der Waals surface area contributed by atoms with Crippen LogP contribution in [-0.2, 0) is 21.9 Å². The normalized spacial score (nSPS) is 18.6. The first-order valence-corrected chi connectivity index (χ1v) is 7.42. The molecule has 1 amide bonds. The molecular weight excluding hydrogens is 333 g/mol. The summed E-state index contributed by atoms with van der Waals surface area (Å²) in [5.74, 6) is 0.0374. The number of carbonyl (C=O) groups excluding carboxylic acids is 1. The number of hydrogen-bond acceptors (Lipinski definition) is 3. The minimum Gasteiger partial charge on any atom is -0.893 e. The molecule has 2 saturated carbocycles. The van der Waals surface area contributed by atoms with Gasteiger partial charge >= 0.3 is 17.1 Å². The molecule has 2 fully saturated rings. The second kappa shape index (κ2) is 11.5. The topological polar surface area (TPSA) is 66.4 Å². The molecule has 0 spiro atoms. The molecule has 0 atom stereocenters. The third-order valence-electron chi connectivity index (χ3n) is 3.24. The molecule has 124 valence electrons. The Kier molecular flexibility index (Phi) is 11.5. The van der Waals surface area contributed by atoms with Gasteiger partial charge in [0.05, 0.1) is 5.92 Å². The van der Waals surface area contributed by atoms with Gasteiger partial charge in [-0.3, -0.25) is 4.79 Å². The van der Waals surface area contributed by atoms with Crippen LogP contribution in [0.4, 0.5) is 0 Å². The third kappa shape index (κ3) is 7.17. The van der Waals surface area contributed by atoms with Crippen LogP contribution in [0.3, 0.4) is 0 Å². The van der Waals surface area contributed by atoms with Crippen molar-refractivity contribution in [3.05, 3.63) is 63.1 Å². The van der Waals surface area contributed by atoms with Crippen LogP contribution in [-0.4, -0.2) is 30.0 Å². The Balaban J connectivity index is 0.000000684. The predicted octanol–water partition coefficient (Wildman–Crippen LogP) is 0.174. The number of hydrogen-bond donors (Lipinski definition) is 0. The van der Waals surface area contributed by atoms with Gasteiger partial charge in [0.2, 0.25) is 5.91 Å². The standard InChI is InChI=1S/C12H17BNO3.C5H5.Fe/c1-8(2)14(9(3)4)12(15)10-6-5-7-11(10)13(16)17;1-2-4-5-3-1;/h5-9H,1-4H3;1-5H;/q-2;;+2. The van der Waals surface area contributed by atoms with E-state index in [-0.39, 0.29) is 46.8 Å². The van der Waals surface area contributed by atoms with E-state index in [0.29, 0.717) is 0 Å². The molecular formula is C17H22BFeNO3. The Hall–Kier alpha value is -0.0256.